The Morgan fingerprint density at radius 1 is 1.37 bits per heavy atom. The number of aromatic nitrogens is 2. The van der Waals surface area contributed by atoms with E-state index in [4.69, 9.17) is 4.74 Å². The predicted octanol–water partition coefficient (Wildman–Crippen LogP) is 2.46. The van der Waals surface area contributed by atoms with Crippen molar-refractivity contribution in [3.63, 3.8) is 0 Å². The summed E-state index contributed by atoms with van der Waals surface area (Å²) in [5, 5.41) is 6.86. The van der Waals surface area contributed by atoms with Crippen molar-refractivity contribution in [2.75, 3.05) is 11.9 Å². The first kappa shape index (κ1) is 13.1. The number of nitrogens with one attached hydrogen (secondary N) is 1. The van der Waals surface area contributed by atoms with Crippen LogP contribution in [-0.4, -0.2) is 22.3 Å². The normalized spacial score (nSPS) is 10.2. The Kier molecular flexibility index (Phi) is 4.18. The highest BCUT2D eigenvalue weighted by atomic mass is 16.5. The molecule has 2 aromatic rings. The van der Waals surface area contributed by atoms with Crippen molar-refractivity contribution < 1.29 is 9.53 Å². The van der Waals surface area contributed by atoms with Crippen molar-refractivity contribution in [2.45, 2.75) is 13.3 Å². The largest absolute Gasteiger partial charge is 0.493 e. The Labute approximate surface area is 112 Å². The average Bonchev–Trinajstić information content (AvgIpc) is 2.82. The van der Waals surface area contributed by atoms with Crippen molar-refractivity contribution in [1.29, 1.82) is 0 Å². The summed E-state index contributed by atoms with van der Waals surface area (Å²) in [6.45, 7) is 2.62. The van der Waals surface area contributed by atoms with Gasteiger partial charge in [0.2, 0.25) is 0 Å². The number of carbonyl (C=O) groups excluding carboxylic acids is 1. The van der Waals surface area contributed by atoms with Gasteiger partial charge in [-0.05, 0) is 18.6 Å². The summed E-state index contributed by atoms with van der Waals surface area (Å²) in [6.07, 6.45) is 2.67. The Morgan fingerprint density at radius 3 is 2.84 bits per heavy atom. The fraction of sp³-hybridized carbons (Fsp3) is 0.286. The van der Waals surface area contributed by atoms with Gasteiger partial charge in [-0.1, -0.05) is 19.1 Å². The number of rotatable bonds is 5. The number of benzene rings is 1. The number of nitrogens with zero attached hydrogens (tertiary/aromatic N) is 2. The first-order valence-electron chi connectivity index (χ1n) is 6.23. The number of ether oxygens (including phenoxy) is 1. The van der Waals surface area contributed by atoms with Crippen molar-refractivity contribution in [2.24, 2.45) is 7.05 Å². The monoisotopic (exact) mass is 259 g/mol. The van der Waals surface area contributed by atoms with E-state index in [1.807, 2.05) is 19.1 Å². The van der Waals surface area contributed by atoms with Crippen molar-refractivity contribution in [3.8, 4) is 5.75 Å². The molecule has 0 aliphatic rings. The van der Waals surface area contributed by atoms with Crippen LogP contribution in [0.4, 0.5) is 5.82 Å². The van der Waals surface area contributed by atoms with E-state index in [0.29, 0.717) is 23.7 Å². The molecule has 1 heterocycles. The smallest absolute Gasteiger partial charge is 0.260 e. The van der Waals surface area contributed by atoms with Crippen LogP contribution in [0.15, 0.2) is 36.5 Å². The molecule has 0 aliphatic heterocycles. The van der Waals surface area contributed by atoms with E-state index in [1.54, 1.807) is 36.1 Å². The zero-order valence-corrected chi connectivity index (χ0v) is 11.1. The van der Waals surface area contributed by atoms with Gasteiger partial charge in [0.1, 0.15) is 5.75 Å². The van der Waals surface area contributed by atoms with Gasteiger partial charge in [-0.2, -0.15) is 5.10 Å². The first-order chi connectivity index (χ1) is 9.20. The summed E-state index contributed by atoms with van der Waals surface area (Å²) < 4.78 is 7.20. The van der Waals surface area contributed by atoms with Crippen LogP contribution in [0.2, 0.25) is 0 Å². The van der Waals surface area contributed by atoms with E-state index in [2.05, 4.69) is 10.4 Å². The number of anilines is 1. The molecule has 1 N–H and O–H groups in total. The van der Waals surface area contributed by atoms with E-state index in [-0.39, 0.29) is 5.91 Å². The molecule has 0 aliphatic carbocycles. The molecule has 5 heteroatoms. The van der Waals surface area contributed by atoms with E-state index >= 15 is 0 Å². The molecule has 0 unspecified atom stereocenters. The maximum Gasteiger partial charge on any atom is 0.260 e. The molecule has 0 fully saturated rings. The third-order valence-corrected chi connectivity index (χ3v) is 2.55. The van der Waals surface area contributed by atoms with Crippen molar-refractivity contribution >= 4 is 11.7 Å². The number of hydrogen-bond acceptors (Lipinski definition) is 3. The molecule has 0 bridgehead atoms. The van der Waals surface area contributed by atoms with Crippen LogP contribution in [0, 0.1) is 0 Å². The third-order valence-electron chi connectivity index (χ3n) is 2.55. The standard InChI is InChI=1S/C14H17N3O2/c1-3-10-19-12-7-5-4-6-11(12)14(18)15-13-8-9-17(2)16-13/h4-9H,3,10H2,1-2H3,(H,15,16,18). The molecule has 0 atom stereocenters. The third kappa shape index (κ3) is 3.34. The zero-order chi connectivity index (χ0) is 13.7. The van der Waals surface area contributed by atoms with Gasteiger partial charge >= 0.3 is 0 Å². The lowest BCUT2D eigenvalue weighted by atomic mass is 10.2. The topological polar surface area (TPSA) is 56.1 Å². The molecular weight excluding hydrogens is 242 g/mol. The van der Waals surface area contributed by atoms with E-state index in [1.165, 1.54) is 0 Å². The Hall–Kier alpha value is -2.30. The fourth-order valence-corrected chi connectivity index (χ4v) is 1.66. The number of amides is 1. The summed E-state index contributed by atoms with van der Waals surface area (Å²) in [4.78, 5) is 12.2. The van der Waals surface area contributed by atoms with Crippen molar-refractivity contribution in [3.05, 3.63) is 42.1 Å². The molecular formula is C14H17N3O2. The molecule has 100 valence electrons. The fourth-order valence-electron chi connectivity index (χ4n) is 1.66. The molecule has 0 spiro atoms. The van der Waals surface area contributed by atoms with E-state index in [0.717, 1.165) is 6.42 Å². The SMILES string of the molecule is CCCOc1ccccc1C(=O)Nc1ccn(C)n1. The van der Waals surface area contributed by atoms with Gasteiger partial charge in [0, 0.05) is 19.3 Å². The van der Waals surface area contributed by atoms with Gasteiger partial charge in [0.25, 0.3) is 5.91 Å². The van der Waals surface area contributed by atoms with Crippen molar-refractivity contribution in [1.82, 2.24) is 9.78 Å². The lowest BCUT2D eigenvalue weighted by Crippen LogP contribution is -2.14. The van der Waals surface area contributed by atoms with Crippen LogP contribution in [0.3, 0.4) is 0 Å². The maximum absolute atomic E-state index is 12.2. The molecule has 1 aromatic carbocycles. The second kappa shape index (κ2) is 6.04. The molecule has 2 rings (SSSR count). The Balaban J connectivity index is 2.14. The van der Waals surface area contributed by atoms with Gasteiger partial charge in [-0.15, -0.1) is 0 Å². The molecule has 19 heavy (non-hydrogen) atoms. The highest BCUT2D eigenvalue weighted by Gasteiger charge is 2.13. The molecule has 5 nitrogen and oxygen atoms in total. The average molecular weight is 259 g/mol. The lowest BCUT2D eigenvalue weighted by Gasteiger charge is -2.09. The summed E-state index contributed by atoms with van der Waals surface area (Å²) in [5.74, 6) is 0.904. The van der Waals surface area contributed by atoms with Crippen LogP contribution in [0.5, 0.6) is 5.75 Å². The minimum absolute atomic E-state index is 0.217. The highest BCUT2D eigenvalue weighted by molar-refractivity contribution is 6.05. The molecule has 0 radical (unpaired) electrons. The van der Waals surface area contributed by atoms with Gasteiger partial charge in [0.15, 0.2) is 5.82 Å². The second-order valence-electron chi connectivity index (χ2n) is 4.17. The van der Waals surface area contributed by atoms with Crippen LogP contribution in [0.1, 0.15) is 23.7 Å². The van der Waals surface area contributed by atoms with E-state index < -0.39 is 0 Å². The second-order valence-corrected chi connectivity index (χ2v) is 4.17. The molecule has 1 amide bonds. The van der Waals surface area contributed by atoms with Gasteiger partial charge < -0.3 is 10.1 Å². The van der Waals surface area contributed by atoms with Gasteiger partial charge in [-0.25, -0.2) is 0 Å². The summed E-state index contributed by atoms with van der Waals surface area (Å²) >= 11 is 0. The van der Waals surface area contributed by atoms with Crippen LogP contribution < -0.4 is 10.1 Å². The van der Waals surface area contributed by atoms with Crippen LogP contribution >= 0.6 is 0 Å². The zero-order valence-electron chi connectivity index (χ0n) is 11.1. The molecule has 0 saturated heterocycles. The van der Waals surface area contributed by atoms with Gasteiger partial charge in [-0.3, -0.25) is 9.48 Å². The highest BCUT2D eigenvalue weighted by Crippen LogP contribution is 2.19. The Bertz CT molecular complexity index is 563. The number of para-hydroxylation sites is 1. The molecule has 1 aromatic heterocycles. The first-order valence-corrected chi connectivity index (χ1v) is 6.23. The summed E-state index contributed by atoms with van der Waals surface area (Å²) in [5.41, 5.74) is 0.515. The quantitative estimate of drug-likeness (QED) is 0.897. The number of aryl methyl sites for hydroxylation is 1. The maximum atomic E-state index is 12.2. The van der Waals surface area contributed by atoms with Crippen LogP contribution in [0.25, 0.3) is 0 Å². The minimum Gasteiger partial charge on any atom is -0.493 e. The minimum atomic E-state index is -0.217. The number of hydrogen-bond donors (Lipinski definition) is 1. The van der Waals surface area contributed by atoms with Crippen LogP contribution in [-0.2, 0) is 7.05 Å². The van der Waals surface area contributed by atoms with Gasteiger partial charge in [0.05, 0.1) is 12.2 Å². The Morgan fingerprint density at radius 2 is 2.16 bits per heavy atom. The summed E-state index contributed by atoms with van der Waals surface area (Å²) in [7, 11) is 1.80. The predicted molar refractivity (Wildman–Crippen MR) is 73.4 cm³/mol. The lowest BCUT2D eigenvalue weighted by molar-refractivity contribution is 0.102. The molecule has 0 saturated carbocycles. The number of carbonyl (C=O) groups is 1. The van der Waals surface area contributed by atoms with E-state index in [9.17, 15) is 4.79 Å². The summed E-state index contributed by atoms with van der Waals surface area (Å²) in [6, 6.07) is 8.94.